The molecule has 0 aromatic carbocycles. The highest BCUT2D eigenvalue weighted by Gasteiger charge is 2.14. The van der Waals surface area contributed by atoms with Gasteiger partial charge in [0.05, 0.1) is 19.2 Å². The van der Waals surface area contributed by atoms with Crippen molar-refractivity contribution in [3.05, 3.63) is 23.9 Å². The van der Waals surface area contributed by atoms with Gasteiger partial charge in [0.25, 0.3) is 0 Å². The van der Waals surface area contributed by atoms with Gasteiger partial charge in [0.1, 0.15) is 0 Å². The van der Waals surface area contributed by atoms with E-state index in [1.165, 1.54) is 0 Å². The minimum absolute atomic E-state index is 0.0355. The Balaban J connectivity index is 0.00000154. The van der Waals surface area contributed by atoms with Crippen LogP contribution in [0.1, 0.15) is 13.3 Å². The third kappa shape index (κ3) is 7.17. The summed E-state index contributed by atoms with van der Waals surface area (Å²) in [6.45, 7) is 3.04. The highest BCUT2D eigenvalue weighted by molar-refractivity contribution is 7.81. The van der Waals surface area contributed by atoms with Crippen LogP contribution in [0.5, 0.6) is 0 Å². The second-order valence-corrected chi connectivity index (χ2v) is 4.35. The van der Waals surface area contributed by atoms with E-state index in [9.17, 15) is 9.90 Å². The van der Waals surface area contributed by atoms with E-state index in [4.69, 9.17) is 17.3 Å². The summed E-state index contributed by atoms with van der Waals surface area (Å²) in [5, 5.41) is 22.3. The van der Waals surface area contributed by atoms with E-state index < -0.39 is 6.10 Å². The van der Waals surface area contributed by atoms with Crippen molar-refractivity contribution >= 4 is 22.9 Å². The number of ketones is 1. The van der Waals surface area contributed by atoms with Crippen LogP contribution in [0.25, 0.3) is 0 Å². The lowest BCUT2D eigenvalue weighted by Gasteiger charge is -2.10. The fourth-order valence-corrected chi connectivity index (χ4v) is 1.66. The van der Waals surface area contributed by atoms with Gasteiger partial charge in [-0.05, 0) is 24.8 Å². The summed E-state index contributed by atoms with van der Waals surface area (Å²) < 4.78 is 0. The van der Waals surface area contributed by atoms with Gasteiger partial charge in [-0.3, -0.25) is 4.79 Å². The zero-order chi connectivity index (χ0) is 14.7. The van der Waals surface area contributed by atoms with Gasteiger partial charge in [0.2, 0.25) is 0 Å². The molecule has 5 nitrogen and oxygen atoms in total. The van der Waals surface area contributed by atoms with E-state index in [1.54, 1.807) is 18.4 Å². The number of aliphatic hydroxyl groups excluding tert-OH is 2. The Hall–Kier alpha value is -1.08. The van der Waals surface area contributed by atoms with Crippen LogP contribution in [0, 0.1) is 0 Å². The average Bonchev–Trinajstić information content (AvgIpc) is 2.65. The van der Waals surface area contributed by atoms with Gasteiger partial charge < -0.3 is 20.8 Å². The Bertz CT molecular complexity index is 354. The van der Waals surface area contributed by atoms with Gasteiger partial charge in [-0.1, -0.05) is 19.1 Å². The van der Waals surface area contributed by atoms with Crippen LogP contribution in [0.3, 0.4) is 0 Å². The summed E-state index contributed by atoms with van der Waals surface area (Å²) in [4.78, 5) is 12.5. The first kappa shape index (κ1) is 17.9. The van der Waals surface area contributed by atoms with Crippen LogP contribution < -0.4 is 10.6 Å². The number of nitrogens with one attached hydrogen (secondary N) is 2. The van der Waals surface area contributed by atoms with E-state index in [2.05, 4.69) is 10.6 Å². The molecule has 1 atom stereocenters. The third-order valence-electron chi connectivity index (χ3n) is 2.48. The number of carbonyl (C=O) groups excluding carboxylic acids is 1. The molecule has 1 aliphatic rings. The number of allylic oxidation sites excluding steroid dienone is 2. The van der Waals surface area contributed by atoms with Crippen molar-refractivity contribution < 1.29 is 15.0 Å². The highest BCUT2D eigenvalue weighted by atomic mass is 32.1. The van der Waals surface area contributed by atoms with Crippen LogP contribution in [0.4, 0.5) is 0 Å². The summed E-state index contributed by atoms with van der Waals surface area (Å²) in [5.74, 6) is -0.0355. The Morgan fingerprint density at radius 1 is 1.58 bits per heavy atom. The number of carbonyl (C=O) groups is 1. The molecule has 19 heavy (non-hydrogen) atoms. The first-order valence-electron chi connectivity index (χ1n) is 6.15. The number of rotatable bonds is 6. The predicted octanol–water partition coefficient (Wildman–Crippen LogP) is -0.0623. The highest BCUT2D eigenvalue weighted by Crippen LogP contribution is 2.03. The monoisotopic (exact) mass is 286 g/mol. The SMILES string of the molecule is CCC(O)CNCC(=O)C1=CC=CNCC1=S.CO. The average molecular weight is 286 g/mol. The molecule has 0 saturated heterocycles. The first-order valence-corrected chi connectivity index (χ1v) is 6.56. The Labute approximate surface area is 119 Å². The van der Waals surface area contributed by atoms with Crippen LogP contribution >= 0.6 is 12.2 Å². The molecule has 0 aromatic rings. The van der Waals surface area contributed by atoms with E-state index in [0.717, 1.165) is 7.11 Å². The minimum atomic E-state index is -0.403. The molecule has 1 heterocycles. The van der Waals surface area contributed by atoms with E-state index in [1.807, 2.05) is 6.92 Å². The van der Waals surface area contributed by atoms with Crippen molar-refractivity contribution in [1.82, 2.24) is 10.6 Å². The number of thiocarbonyl (C=S) groups is 1. The van der Waals surface area contributed by atoms with Crippen LogP contribution in [0.2, 0.25) is 0 Å². The molecule has 0 radical (unpaired) electrons. The van der Waals surface area contributed by atoms with Gasteiger partial charge in [-0.25, -0.2) is 0 Å². The third-order valence-corrected chi connectivity index (χ3v) is 2.84. The van der Waals surface area contributed by atoms with E-state index in [-0.39, 0.29) is 12.3 Å². The number of aliphatic hydroxyl groups is 2. The standard InChI is InChI=1S/C12H18N2O2S.CH4O/c1-2-9(15)6-14-7-11(16)10-4-3-5-13-8-12(10)17;1-2/h3-5,9,13-15H,2,6-8H2,1H3;2H,1H3. The zero-order valence-electron chi connectivity index (χ0n) is 11.3. The van der Waals surface area contributed by atoms with Gasteiger partial charge >= 0.3 is 0 Å². The van der Waals surface area contributed by atoms with E-state index in [0.29, 0.717) is 29.9 Å². The summed E-state index contributed by atoms with van der Waals surface area (Å²) in [7, 11) is 1.00. The van der Waals surface area contributed by atoms with Gasteiger partial charge in [0.15, 0.2) is 5.78 Å². The summed E-state index contributed by atoms with van der Waals surface area (Å²) in [5.41, 5.74) is 0.569. The normalized spacial score (nSPS) is 15.6. The maximum Gasteiger partial charge on any atom is 0.177 e. The molecule has 6 heteroatoms. The molecular weight excluding hydrogens is 264 g/mol. The quantitative estimate of drug-likeness (QED) is 0.512. The zero-order valence-corrected chi connectivity index (χ0v) is 12.2. The van der Waals surface area contributed by atoms with Crippen molar-refractivity contribution in [3.63, 3.8) is 0 Å². The Morgan fingerprint density at radius 3 is 2.89 bits per heavy atom. The lowest BCUT2D eigenvalue weighted by Crippen LogP contribution is -2.33. The van der Waals surface area contributed by atoms with Crippen molar-refractivity contribution in [1.29, 1.82) is 0 Å². The fraction of sp³-hybridized carbons (Fsp3) is 0.538. The van der Waals surface area contributed by atoms with Gasteiger partial charge in [0, 0.05) is 24.1 Å². The van der Waals surface area contributed by atoms with Crippen LogP contribution in [-0.2, 0) is 4.79 Å². The molecule has 0 bridgehead atoms. The molecular formula is C13H22N2O3S. The van der Waals surface area contributed by atoms with E-state index >= 15 is 0 Å². The lowest BCUT2D eigenvalue weighted by molar-refractivity contribution is -0.114. The molecule has 108 valence electrons. The molecule has 1 unspecified atom stereocenters. The summed E-state index contributed by atoms with van der Waals surface area (Å²) in [6, 6.07) is 0. The van der Waals surface area contributed by atoms with Crippen LogP contribution in [0.15, 0.2) is 23.9 Å². The number of hydrogen-bond donors (Lipinski definition) is 4. The summed E-state index contributed by atoms with van der Waals surface area (Å²) in [6.07, 6.45) is 5.53. The predicted molar refractivity (Wildman–Crippen MR) is 80.1 cm³/mol. The first-order chi connectivity index (χ1) is 9.15. The topological polar surface area (TPSA) is 81.6 Å². The maximum atomic E-state index is 11.9. The number of Topliss-reactive ketones (excluding diaryl/α,β-unsaturated/α-hetero) is 1. The largest absolute Gasteiger partial charge is 0.400 e. The molecule has 1 aliphatic heterocycles. The van der Waals surface area contributed by atoms with Crippen molar-refractivity contribution in [3.8, 4) is 0 Å². The second-order valence-electron chi connectivity index (χ2n) is 3.86. The molecule has 0 aromatic heterocycles. The number of hydrogen-bond acceptors (Lipinski definition) is 6. The van der Waals surface area contributed by atoms with Gasteiger partial charge in [-0.15, -0.1) is 0 Å². The summed E-state index contributed by atoms with van der Waals surface area (Å²) >= 11 is 5.15. The second kappa shape index (κ2) is 10.8. The Kier molecular flexibility index (Phi) is 10.2. The Morgan fingerprint density at radius 2 is 2.26 bits per heavy atom. The van der Waals surface area contributed by atoms with Gasteiger partial charge in [-0.2, -0.15) is 0 Å². The molecule has 0 fully saturated rings. The van der Waals surface area contributed by atoms with Crippen molar-refractivity contribution in [2.75, 3.05) is 26.7 Å². The molecule has 0 amide bonds. The molecule has 4 N–H and O–H groups in total. The fourth-order valence-electron chi connectivity index (χ4n) is 1.39. The molecule has 1 rings (SSSR count). The maximum absolute atomic E-state index is 11.9. The molecule has 0 spiro atoms. The molecule has 0 saturated carbocycles. The van der Waals surface area contributed by atoms with Crippen LogP contribution in [-0.4, -0.2) is 53.7 Å². The smallest absolute Gasteiger partial charge is 0.177 e. The molecule has 0 aliphatic carbocycles. The lowest BCUT2D eigenvalue weighted by atomic mass is 10.1. The minimum Gasteiger partial charge on any atom is -0.400 e. The van der Waals surface area contributed by atoms with Crippen molar-refractivity contribution in [2.45, 2.75) is 19.4 Å². The van der Waals surface area contributed by atoms with Crippen molar-refractivity contribution in [2.24, 2.45) is 0 Å².